The number of rotatable bonds is 9. The van der Waals surface area contributed by atoms with E-state index in [-0.39, 0.29) is 6.61 Å². The van der Waals surface area contributed by atoms with E-state index in [0.717, 1.165) is 32.4 Å². The van der Waals surface area contributed by atoms with Gasteiger partial charge >= 0.3 is 12.1 Å². The molecule has 0 aliphatic carbocycles. The molecule has 0 heterocycles. The van der Waals surface area contributed by atoms with Gasteiger partial charge < -0.3 is 10.1 Å². The van der Waals surface area contributed by atoms with Crippen LogP contribution in [0.4, 0.5) is 13.2 Å². The summed E-state index contributed by atoms with van der Waals surface area (Å²) in [6.07, 6.45) is -1.67. The Hall–Kier alpha value is -0.780. The van der Waals surface area contributed by atoms with Crippen LogP contribution in [-0.4, -0.2) is 31.8 Å². The van der Waals surface area contributed by atoms with E-state index in [1.165, 1.54) is 0 Å². The highest BCUT2D eigenvalue weighted by molar-refractivity contribution is 5.75. The summed E-state index contributed by atoms with van der Waals surface area (Å²) in [7, 11) is 0. The van der Waals surface area contributed by atoms with Crippen molar-refractivity contribution in [1.82, 2.24) is 5.32 Å². The third kappa shape index (κ3) is 10.4. The molecule has 18 heavy (non-hydrogen) atoms. The average molecular weight is 269 g/mol. The molecule has 0 aliphatic rings. The molecule has 6 heteroatoms. The minimum atomic E-state index is -4.88. The van der Waals surface area contributed by atoms with Gasteiger partial charge in [-0.05, 0) is 44.7 Å². The zero-order valence-corrected chi connectivity index (χ0v) is 11.0. The quantitative estimate of drug-likeness (QED) is 0.516. The first-order valence-electron chi connectivity index (χ1n) is 6.28. The molecule has 0 saturated carbocycles. The Bertz CT molecular complexity index is 230. The Kier molecular flexibility index (Phi) is 8.79. The molecule has 0 bridgehead atoms. The normalized spacial score (nSPS) is 11.9. The van der Waals surface area contributed by atoms with Crippen molar-refractivity contribution in [2.75, 3.05) is 19.7 Å². The van der Waals surface area contributed by atoms with Gasteiger partial charge in [0.15, 0.2) is 0 Å². The monoisotopic (exact) mass is 269 g/mol. The molecule has 3 nitrogen and oxygen atoms in total. The molecule has 0 aromatic rings. The lowest BCUT2D eigenvalue weighted by atomic mass is 10.1. The number of esters is 1. The predicted molar refractivity (Wildman–Crippen MR) is 63.2 cm³/mol. The number of carbonyl (C=O) groups excluding carboxylic acids is 1. The van der Waals surface area contributed by atoms with E-state index < -0.39 is 12.1 Å². The molecule has 0 aromatic carbocycles. The molecule has 0 aromatic heterocycles. The van der Waals surface area contributed by atoms with Crippen molar-refractivity contribution in [1.29, 1.82) is 0 Å². The van der Waals surface area contributed by atoms with Gasteiger partial charge in [-0.2, -0.15) is 13.2 Å². The van der Waals surface area contributed by atoms with Gasteiger partial charge in [-0.15, -0.1) is 0 Å². The highest BCUT2D eigenvalue weighted by Gasteiger charge is 2.40. The summed E-state index contributed by atoms with van der Waals surface area (Å²) in [4.78, 5) is 10.3. The number of halogens is 3. The van der Waals surface area contributed by atoms with Crippen molar-refractivity contribution in [3.8, 4) is 0 Å². The zero-order valence-electron chi connectivity index (χ0n) is 11.0. The average Bonchev–Trinajstić information content (AvgIpc) is 2.24. The van der Waals surface area contributed by atoms with Crippen LogP contribution in [0.3, 0.4) is 0 Å². The second kappa shape index (κ2) is 9.19. The van der Waals surface area contributed by atoms with Crippen molar-refractivity contribution < 1.29 is 22.7 Å². The molecule has 0 amide bonds. The molecule has 0 unspecified atom stereocenters. The van der Waals surface area contributed by atoms with Crippen LogP contribution in [0.1, 0.15) is 39.5 Å². The molecule has 0 aliphatic heterocycles. The van der Waals surface area contributed by atoms with E-state index in [9.17, 15) is 18.0 Å². The first kappa shape index (κ1) is 17.2. The minimum absolute atomic E-state index is 0.162. The Morgan fingerprint density at radius 3 is 2.39 bits per heavy atom. The van der Waals surface area contributed by atoms with Gasteiger partial charge in [-0.1, -0.05) is 13.8 Å². The molecule has 0 spiro atoms. The SMILES string of the molecule is CC(C)CCNCCCCCOC(=O)C(F)(F)F. The number of carbonyl (C=O) groups is 1. The number of hydrogen-bond donors (Lipinski definition) is 1. The molecule has 0 atom stereocenters. The topological polar surface area (TPSA) is 38.3 Å². The summed E-state index contributed by atoms with van der Waals surface area (Å²) in [6, 6.07) is 0. The Morgan fingerprint density at radius 1 is 1.17 bits per heavy atom. The molecule has 0 radical (unpaired) electrons. The lowest BCUT2D eigenvalue weighted by Crippen LogP contribution is -2.25. The van der Waals surface area contributed by atoms with Crippen LogP contribution in [0.5, 0.6) is 0 Å². The standard InChI is InChI=1S/C12H22F3NO2/c1-10(2)6-8-16-7-4-3-5-9-18-11(17)12(13,14)15/h10,16H,3-9H2,1-2H3. The van der Waals surface area contributed by atoms with Gasteiger partial charge in [0, 0.05) is 0 Å². The number of unbranched alkanes of at least 4 members (excludes halogenated alkanes) is 2. The number of hydrogen-bond acceptors (Lipinski definition) is 3. The van der Waals surface area contributed by atoms with Crippen LogP contribution in [0.2, 0.25) is 0 Å². The second-order valence-corrected chi connectivity index (χ2v) is 4.63. The summed E-state index contributed by atoms with van der Waals surface area (Å²) < 4.78 is 39.3. The van der Waals surface area contributed by atoms with Gasteiger partial charge in [0.25, 0.3) is 0 Å². The number of alkyl halides is 3. The van der Waals surface area contributed by atoms with Crippen molar-refractivity contribution in [3.63, 3.8) is 0 Å². The fourth-order valence-corrected chi connectivity index (χ4v) is 1.29. The van der Waals surface area contributed by atoms with Crippen molar-refractivity contribution in [3.05, 3.63) is 0 Å². The third-order valence-electron chi connectivity index (χ3n) is 2.36. The molecule has 108 valence electrons. The summed E-state index contributed by atoms with van der Waals surface area (Å²) in [6.45, 7) is 5.94. The third-order valence-corrected chi connectivity index (χ3v) is 2.36. The second-order valence-electron chi connectivity index (χ2n) is 4.63. The molecule has 0 fully saturated rings. The van der Waals surface area contributed by atoms with Crippen LogP contribution in [0.25, 0.3) is 0 Å². The van der Waals surface area contributed by atoms with Crippen molar-refractivity contribution >= 4 is 5.97 Å². The van der Waals surface area contributed by atoms with E-state index >= 15 is 0 Å². The van der Waals surface area contributed by atoms with Crippen molar-refractivity contribution in [2.45, 2.75) is 45.7 Å². The fourth-order valence-electron chi connectivity index (χ4n) is 1.29. The van der Waals surface area contributed by atoms with Crippen LogP contribution < -0.4 is 5.32 Å². The largest absolute Gasteiger partial charge is 0.490 e. The predicted octanol–water partition coefficient (Wildman–Crippen LogP) is 2.90. The minimum Gasteiger partial charge on any atom is -0.459 e. The Labute approximate surface area is 106 Å². The van der Waals surface area contributed by atoms with Crippen LogP contribution in [0, 0.1) is 5.92 Å². The highest BCUT2D eigenvalue weighted by Crippen LogP contribution is 2.16. The molecule has 0 saturated heterocycles. The Morgan fingerprint density at radius 2 is 1.83 bits per heavy atom. The summed E-state index contributed by atoms with van der Waals surface area (Å²) in [5, 5.41) is 3.25. The van der Waals surface area contributed by atoms with Crippen LogP contribution in [0.15, 0.2) is 0 Å². The molecule has 0 rings (SSSR count). The molecular formula is C12H22F3NO2. The summed E-state index contributed by atoms with van der Waals surface area (Å²) in [5.41, 5.74) is 0. The lowest BCUT2D eigenvalue weighted by Gasteiger charge is -2.08. The summed E-state index contributed by atoms with van der Waals surface area (Å²) >= 11 is 0. The van der Waals surface area contributed by atoms with Gasteiger partial charge in [0.05, 0.1) is 6.61 Å². The maximum atomic E-state index is 11.7. The molecular weight excluding hydrogens is 247 g/mol. The number of nitrogens with one attached hydrogen (secondary N) is 1. The number of ether oxygens (including phenoxy) is 1. The van der Waals surface area contributed by atoms with Gasteiger partial charge in [0.2, 0.25) is 0 Å². The highest BCUT2D eigenvalue weighted by atomic mass is 19.4. The van der Waals surface area contributed by atoms with Crippen LogP contribution >= 0.6 is 0 Å². The first-order valence-corrected chi connectivity index (χ1v) is 6.28. The van der Waals surface area contributed by atoms with E-state index in [2.05, 4.69) is 23.9 Å². The maximum absolute atomic E-state index is 11.7. The van der Waals surface area contributed by atoms with E-state index in [1.807, 2.05) is 0 Å². The Balaban J connectivity index is 3.24. The first-order chi connectivity index (χ1) is 8.34. The van der Waals surface area contributed by atoms with Gasteiger partial charge in [-0.3, -0.25) is 0 Å². The lowest BCUT2D eigenvalue weighted by molar-refractivity contribution is -0.199. The van der Waals surface area contributed by atoms with E-state index in [0.29, 0.717) is 12.3 Å². The zero-order chi connectivity index (χ0) is 14.0. The van der Waals surface area contributed by atoms with Gasteiger partial charge in [0.1, 0.15) is 0 Å². The van der Waals surface area contributed by atoms with E-state index in [4.69, 9.17) is 0 Å². The maximum Gasteiger partial charge on any atom is 0.490 e. The van der Waals surface area contributed by atoms with Crippen molar-refractivity contribution in [2.24, 2.45) is 5.92 Å². The van der Waals surface area contributed by atoms with Crippen LogP contribution in [-0.2, 0) is 9.53 Å². The smallest absolute Gasteiger partial charge is 0.459 e. The molecule has 1 N–H and O–H groups in total. The summed E-state index contributed by atoms with van der Waals surface area (Å²) in [5.74, 6) is -1.43. The fraction of sp³-hybridized carbons (Fsp3) is 0.917. The van der Waals surface area contributed by atoms with Gasteiger partial charge in [-0.25, -0.2) is 4.79 Å². The van der Waals surface area contributed by atoms with E-state index in [1.54, 1.807) is 0 Å².